The first-order valence-electron chi connectivity index (χ1n) is 11.7. The molecule has 4 aromatic rings. The lowest BCUT2D eigenvalue weighted by molar-refractivity contribution is 0.101. The number of ether oxygens (including phenoxy) is 1. The Morgan fingerprint density at radius 3 is 2.66 bits per heavy atom. The molecule has 8 heteroatoms. The molecule has 0 unspecified atom stereocenters. The van der Waals surface area contributed by atoms with Gasteiger partial charge in [-0.1, -0.05) is 31.2 Å². The molecule has 1 saturated heterocycles. The molecule has 5 rings (SSSR count). The lowest BCUT2D eigenvalue weighted by atomic mass is 10.0. The SMILES string of the molecule is CCc1ccccc1-c1cc(Nc2ccc3c(N4CCOCC4)c(C(C)=O)c(=O)oc3c2)ncn1. The van der Waals surface area contributed by atoms with Gasteiger partial charge in [-0.15, -0.1) is 0 Å². The topological polar surface area (TPSA) is 97.6 Å². The number of morpholine rings is 1. The maximum absolute atomic E-state index is 12.8. The van der Waals surface area contributed by atoms with Crippen molar-refractivity contribution in [2.75, 3.05) is 36.5 Å². The summed E-state index contributed by atoms with van der Waals surface area (Å²) < 4.78 is 11.0. The van der Waals surface area contributed by atoms with Gasteiger partial charge in [-0.3, -0.25) is 4.79 Å². The van der Waals surface area contributed by atoms with Gasteiger partial charge in [-0.25, -0.2) is 14.8 Å². The number of carbonyl (C=O) groups is 1. The molecular formula is C27H26N4O4. The first kappa shape index (κ1) is 22.7. The van der Waals surface area contributed by atoms with Crippen LogP contribution in [-0.2, 0) is 11.2 Å². The van der Waals surface area contributed by atoms with Crippen LogP contribution < -0.4 is 15.8 Å². The Balaban J connectivity index is 1.53. The molecule has 0 aliphatic carbocycles. The fourth-order valence-electron chi connectivity index (χ4n) is 4.49. The summed E-state index contributed by atoms with van der Waals surface area (Å²) in [6, 6.07) is 15.6. The summed E-state index contributed by atoms with van der Waals surface area (Å²) in [6.45, 7) is 5.78. The van der Waals surface area contributed by atoms with E-state index in [1.807, 2.05) is 35.2 Å². The van der Waals surface area contributed by atoms with Crippen LogP contribution in [0.1, 0.15) is 29.8 Å². The summed E-state index contributed by atoms with van der Waals surface area (Å²) >= 11 is 0. The van der Waals surface area contributed by atoms with Gasteiger partial charge in [-0.2, -0.15) is 0 Å². The van der Waals surface area contributed by atoms with Crippen molar-refractivity contribution in [3.8, 4) is 11.3 Å². The van der Waals surface area contributed by atoms with Crippen molar-refractivity contribution in [2.45, 2.75) is 20.3 Å². The Morgan fingerprint density at radius 1 is 1.09 bits per heavy atom. The number of rotatable bonds is 6. The van der Waals surface area contributed by atoms with Crippen LogP contribution in [0.25, 0.3) is 22.2 Å². The van der Waals surface area contributed by atoms with E-state index in [-0.39, 0.29) is 11.3 Å². The van der Waals surface area contributed by atoms with Crippen molar-refractivity contribution in [3.05, 3.63) is 76.4 Å². The van der Waals surface area contributed by atoms with Gasteiger partial charge in [0.05, 0.1) is 24.6 Å². The number of hydrogen-bond donors (Lipinski definition) is 1. The van der Waals surface area contributed by atoms with Crippen molar-refractivity contribution in [1.29, 1.82) is 0 Å². The summed E-state index contributed by atoms with van der Waals surface area (Å²) in [5, 5.41) is 4.00. The maximum atomic E-state index is 12.8. The lowest BCUT2D eigenvalue weighted by Crippen LogP contribution is -2.38. The predicted octanol–water partition coefficient (Wildman–Crippen LogP) is 4.60. The number of fused-ring (bicyclic) bond motifs is 1. The molecule has 3 heterocycles. The summed E-state index contributed by atoms with van der Waals surface area (Å²) in [7, 11) is 0. The molecule has 0 atom stereocenters. The molecule has 1 aliphatic rings. The van der Waals surface area contributed by atoms with Crippen LogP contribution in [0, 0.1) is 0 Å². The van der Waals surface area contributed by atoms with Gasteiger partial charge < -0.3 is 19.4 Å². The largest absolute Gasteiger partial charge is 0.422 e. The molecule has 0 bridgehead atoms. The van der Waals surface area contributed by atoms with Gasteiger partial charge in [0.2, 0.25) is 0 Å². The van der Waals surface area contributed by atoms with Gasteiger partial charge in [0, 0.05) is 41.9 Å². The fourth-order valence-corrected chi connectivity index (χ4v) is 4.49. The van der Waals surface area contributed by atoms with Crippen molar-refractivity contribution >= 4 is 33.9 Å². The van der Waals surface area contributed by atoms with E-state index in [4.69, 9.17) is 9.15 Å². The molecule has 0 amide bonds. The van der Waals surface area contributed by atoms with E-state index in [1.54, 1.807) is 6.07 Å². The normalized spacial score (nSPS) is 13.7. The zero-order chi connectivity index (χ0) is 24.4. The number of aryl methyl sites for hydroxylation is 1. The molecule has 35 heavy (non-hydrogen) atoms. The third kappa shape index (κ3) is 4.52. The first-order valence-corrected chi connectivity index (χ1v) is 11.7. The molecule has 1 fully saturated rings. The Hall–Kier alpha value is -4.04. The van der Waals surface area contributed by atoms with Crippen LogP contribution >= 0.6 is 0 Å². The standard InChI is InChI=1S/C27H26N4O4/c1-3-18-6-4-5-7-20(18)22-15-24(29-16-28-22)30-19-8-9-21-23(14-19)35-27(33)25(17(2)32)26(21)31-10-12-34-13-11-31/h4-9,14-16H,3,10-13H2,1-2H3,(H,28,29,30). The highest BCUT2D eigenvalue weighted by Crippen LogP contribution is 2.32. The van der Waals surface area contributed by atoms with E-state index in [0.717, 1.165) is 17.7 Å². The second-order valence-corrected chi connectivity index (χ2v) is 8.40. The minimum Gasteiger partial charge on any atom is -0.422 e. The second kappa shape index (κ2) is 9.68. The third-order valence-electron chi connectivity index (χ3n) is 6.17. The van der Waals surface area contributed by atoms with Crippen molar-refractivity contribution < 1.29 is 13.9 Å². The van der Waals surface area contributed by atoms with E-state index in [9.17, 15) is 9.59 Å². The number of nitrogens with zero attached hydrogens (tertiary/aromatic N) is 3. The van der Waals surface area contributed by atoms with Crippen molar-refractivity contribution in [2.24, 2.45) is 0 Å². The summed E-state index contributed by atoms with van der Waals surface area (Å²) in [6.07, 6.45) is 2.43. The highest BCUT2D eigenvalue weighted by Gasteiger charge is 2.24. The molecule has 1 N–H and O–H groups in total. The van der Waals surface area contributed by atoms with Gasteiger partial charge in [0.1, 0.15) is 23.3 Å². The first-order chi connectivity index (χ1) is 17.0. The highest BCUT2D eigenvalue weighted by atomic mass is 16.5. The molecular weight excluding hydrogens is 444 g/mol. The average Bonchev–Trinajstić information content (AvgIpc) is 2.88. The van der Waals surface area contributed by atoms with Crippen LogP contribution in [0.15, 0.2) is 64.1 Å². The van der Waals surface area contributed by atoms with Gasteiger partial charge >= 0.3 is 5.63 Å². The van der Waals surface area contributed by atoms with E-state index in [1.165, 1.54) is 18.8 Å². The Bertz CT molecular complexity index is 1460. The Labute approximate surface area is 202 Å². The zero-order valence-corrected chi connectivity index (χ0v) is 19.7. The van der Waals surface area contributed by atoms with E-state index >= 15 is 0 Å². The van der Waals surface area contributed by atoms with Crippen molar-refractivity contribution in [1.82, 2.24) is 9.97 Å². The fraction of sp³-hybridized carbons (Fsp3) is 0.259. The highest BCUT2D eigenvalue weighted by molar-refractivity contribution is 6.07. The molecule has 0 saturated carbocycles. The lowest BCUT2D eigenvalue weighted by Gasteiger charge is -2.30. The van der Waals surface area contributed by atoms with Gasteiger partial charge in [-0.05, 0) is 31.0 Å². The predicted molar refractivity (Wildman–Crippen MR) is 136 cm³/mol. The van der Waals surface area contributed by atoms with Crippen LogP contribution in [-0.4, -0.2) is 42.1 Å². The number of anilines is 3. The smallest absolute Gasteiger partial charge is 0.349 e. The number of benzene rings is 2. The average molecular weight is 471 g/mol. The van der Waals surface area contributed by atoms with E-state index < -0.39 is 5.63 Å². The van der Waals surface area contributed by atoms with Crippen molar-refractivity contribution in [3.63, 3.8) is 0 Å². The maximum Gasteiger partial charge on any atom is 0.349 e. The molecule has 2 aromatic carbocycles. The van der Waals surface area contributed by atoms with Gasteiger partial charge in [0.25, 0.3) is 0 Å². The van der Waals surface area contributed by atoms with Crippen LogP contribution in [0.3, 0.4) is 0 Å². The zero-order valence-electron chi connectivity index (χ0n) is 19.7. The number of hydrogen-bond acceptors (Lipinski definition) is 8. The Kier molecular flexibility index (Phi) is 6.29. The second-order valence-electron chi connectivity index (χ2n) is 8.40. The number of aromatic nitrogens is 2. The third-order valence-corrected chi connectivity index (χ3v) is 6.17. The monoisotopic (exact) mass is 470 g/mol. The molecule has 178 valence electrons. The number of Topliss-reactive ketones (excluding diaryl/α,β-unsaturated/α-hetero) is 1. The molecule has 0 spiro atoms. The summed E-state index contributed by atoms with van der Waals surface area (Å²) in [5.74, 6) is 0.307. The molecule has 8 nitrogen and oxygen atoms in total. The minimum absolute atomic E-state index is 0.0788. The van der Waals surface area contributed by atoms with Crippen LogP contribution in [0.4, 0.5) is 17.2 Å². The molecule has 2 aromatic heterocycles. The van der Waals surface area contributed by atoms with Gasteiger partial charge in [0.15, 0.2) is 5.78 Å². The molecule has 1 aliphatic heterocycles. The number of carbonyl (C=O) groups excluding carboxylic acids is 1. The minimum atomic E-state index is -0.635. The van der Waals surface area contributed by atoms with Crippen LogP contribution in [0.2, 0.25) is 0 Å². The summed E-state index contributed by atoms with van der Waals surface area (Å²) in [4.78, 5) is 35.9. The van der Waals surface area contributed by atoms with E-state index in [0.29, 0.717) is 54.5 Å². The Morgan fingerprint density at radius 2 is 1.89 bits per heavy atom. The van der Waals surface area contributed by atoms with E-state index in [2.05, 4.69) is 34.3 Å². The molecule has 0 radical (unpaired) electrons. The van der Waals surface area contributed by atoms with Crippen LogP contribution in [0.5, 0.6) is 0 Å². The summed E-state index contributed by atoms with van der Waals surface area (Å²) in [5.41, 5.74) is 4.26. The number of ketones is 1. The quantitative estimate of drug-likeness (QED) is 0.323. The number of nitrogens with one attached hydrogen (secondary N) is 1.